The molecule has 0 radical (unpaired) electrons. The predicted octanol–water partition coefficient (Wildman–Crippen LogP) is 2.90. The van der Waals surface area contributed by atoms with Crippen molar-refractivity contribution in [1.82, 2.24) is 0 Å². The molecule has 0 bridgehead atoms. The van der Waals surface area contributed by atoms with Crippen LogP contribution in [0, 0.1) is 32.2 Å². The Morgan fingerprint density at radius 3 is 2.53 bits per heavy atom. The first-order valence-corrected chi connectivity index (χ1v) is 5.76. The van der Waals surface area contributed by atoms with E-state index < -0.39 is 11.7 Å². The van der Waals surface area contributed by atoms with Crippen LogP contribution in [-0.4, -0.2) is 5.78 Å². The van der Waals surface area contributed by atoms with Gasteiger partial charge < -0.3 is 0 Å². The lowest BCUT2D eigenvalue weighted by Gasteiger charge is -2.03. The van der Waals surface area contributed by atoms with Crippen molar-refractivity contribution in [2.75, 3.05) is 0 Å². The zero-order chi connectivity index (χ0) is 11.4. The second-order valence-electron chi connectivity index (χ2n) is 2.68. The first-order chi connectivity index (χ1) is 7.10. The Morgan fingerprint density at radius 2 is 2.00 bits per heavy atom. The summed E-state index contributed by atoms with van der Waals surface area (Å²) in [7, 11) is 0. The topological polar surface area (TPSA) is 64.7 Å². The highest BCUT2D eigenvalue weighted by molar-refractivity contribution is 14.1. The minimum Gasteiger partial charge on any atom is -0.291 e. The van der Waals surface area contributed by atoms with Crippen molar-refractivity contribution in [3.05, 3.63) is 31.8 Å². The molecule has 15 heavy (non-hydrogen) atoms. The average Bonchev–Trinajstić information content (AvgIpc) is 2.23. The molecular weight excluding hydrogens is 371 g/mol. The zero-order valence-electron chi connectivity index (χ0n) is 7.37. The minimum absolute atomic E-state index is 0.370. The lowest BCUT2D eigenvalue weighted by Crippen LogP contribution is -2.11. The smallest absolute Gasteiger partial charge is 0.195 e. The summed E-state index contributed by atoms with van der Waals surface area (Å²) in [5.74, 6) is -1.70. The molecule has 1 aromatic rings. The molecule has 0 heterocycles. The maximum atomic E-state index is 11.7. The summed E-state index contributed by atoms with van der Waals surface area (Å²) in [6.45, 7) is 0. The fourth-order valence-corrected chi connectivity index (χ4v) is 1.92. The van der Waals surface area contributed by atoms with Crippen LogP contribution in [0.2, 0.25) is 0 Å². The molecule has 0 aliphatic heterocycles. The van der Waals surface area contributed by atoms with Gasteiger partial charge in [0, 0.05) is 13.6 Å². The van der Waals surface area contributed by atoms with Gasteiger partial charge in [0.2, 0.25) is 0 Å². The van der Waals surface area contributed by atoms with Gasteiger partial charge in [0.15, 0.2) is 11.7 Å². The molecule has 0 amide bonds. The van der Waals surface area contributed by atoms with Gasteiger partial charge in [-0.15, -0.1) is 0 Å². The molecule has 0 aromatic heterocycles. The first kappa shape index (κ1) is 12.2. The van der Waals surface area contributed by atoms with Crippen LogP contribution in [0.1, 0.15) is 10.4 Å². The van der Waals surface area contributed by atoms with Crippen molar-refractivity contribution in [2.24, 2.45) is 5.92 Å². The van der Waals surface area contributed by atoms with Gasteiger partial charge in [-0.3, -0.25) is 4.79 Å². The maximum absolute atomic E-state index is 11.7. The van der Waals surface area contributed by atoms with Crippen molar-refractivity contribution in [3.63, 3.8) is 0 Å². The fraction of sp³-hybridized carbons (Fsp3) is 0.100. The van der Waals surface area contributed by atoms with Gasteiger partial charge >= 0.3 is 0 Å². The number of hydrogen-bond donors (Lipinski definition) is 0. The third-order valence-electron chi connectivity index (χ3n) is 1.71. The Hall–Kier alpha value is -0.920. The molecule has 3 nitrogen and oxygen atoms in total. The van der Waals surface area contributed by atoms with Crippen LogP contribution in [0.4, 0.5) is 0 Å². The summed E-state index contributed by atoms with van der Waals surface area (Å²) in [4.78, 5) is 11.7. The summed E-state index contributed by atoms with van der Waals surface area (Å²) in [5, 5.41) is 17.2. The van der Waals surface area contributed by atoms with Gasteiger partial charge in [-0.05, 0) is 40.8 Å². The van der Waals surface area contributed by atoms with Gasteiger partial charge in [-0.25, -0.2) is 0 Å². The fourth-order valence-electron chi connectivity index (χ4n) is 0.988. The molecule has 1 aromatic carbocycles. The van der Waals surface area contributed by atoms with Crippen LogP contribution in [0.25, 0.3) is 0 Å². The van der Waals surface area contributed by atoms with Crippen molar-refractivity contribution in [1.29, 1.82) is 10.5 Å². The Morgan fingerprint density at radius 1 is 1.40 bits per heavy atom. The zero-order valence-corrected chi connectivity index (χ0v) is 11.1. The predicted molar refractivity (Wildman–Crippen MR) is 65.9 cm³/mol. The largest absolute Gasteiger partial charge is 0.291 e. The van der Waals surface area contributed by atoms with Gasteiger partial charge in [-0.2, -0.15) is 10.5 Å². The SMILES string of the molecule is N#CC(C#N)C(=O)c1cc(I)ccc1Br. The van der Waals surface area contributed by atoms with E-state index in [4.69, 9.17) is 10.5 Å². The summed E-state index contributed by atoms with van der Waals surface area (Å²) in [6.07, 6.45) is 0. The van der Waals surface area contributed by atoms with Crippen LogP contribution in [0.5, 0.6) is 0 Å². The number of benzene rings is 1. The van der Waals surface area contributed by atoms with E-state index in [1.807, 2.05) is 6.07 Å². The Balaban J connectivity index is 3.18. The molecule has 0 atom stereocenters. The highest BCUT2D eigenvalue weighted by Gasteiger charge is 2.21. The van der Waals surface area contributed by atoms with Crippen LogP contribution in [-0.2, 0) is 0 Å². The summed E-state index contributed by atoms with van der Waals surface area (Å²) in [6, 6.07) is 8.52. The third-order valence-corrected chi connectivity index (χ3v) is 3.08. The van der Waals surface area contributed by atoms with Crippen LogP contribution in [0.15, 0.2) is 22.7 Å². The highest BCUT2D eigenvalue weighted by Crippen LogP contribution is 2.22. The van der Waals surface area contributed by atoms with E-state index in [1.54, 1.807) is 24.3 Å². The Kier molecular flexibility index (Phi) is 4.25. The molecule has 74 valence electrons. The third kappa shape index (κ3) is 2.77. The molecule has 5 heteroatoms. The summed E-state index contributed by atoms with van der Waals surface area (Å²) in [5.41, 5.74) is 0.370. The maximum Gasteiger partial charge on any atom is 0.195 e. The molecule has 0 spiro atoms. The number of carbonyl (C=O) groups is 1. The van der Waals surface area contributed by atoms with Gasteiger partial charge in [-0.1, -0.05) is 15.9 Å². The van der Waals surface area contributed by atoms with E-state index in [0.717, 1.165) is 3.57 Å². The normalized spacial score (nSPS) is 9.40. The van der Waals surface area contributed by atoms with Crippen molar-refractivity contribution in [3.8, 4) is 12.1 Å². The molecule has 0 aliphatic rings. The molecule has 0 fully saturated rings. The number of Topliss-reactive ketones (excluding diaryl/α,β-unsaturated/α-hetero) is 1. The number of carbonyl (C=O) groups excluding carboxylic acids is 1. The number of rotatable bonds is 2. The van der Waals surface area contributed by atoms with Crippen molar-refractivity contribution < 1.29 is 4.79 Å². The van der Waals surface area contributed by atoms with Gasteiger partial charge in [0.05, 0.1) is 12.1 Å². The lowest BCUT2D eigenvalue weighted by molar-refractivity contribution is 0.0970. The number of ketones is 1. The summed E-state index contributed by atoms with van der Waals surface area (Å²) < 4.78 is 1.48. The van der Waals surface area contributed by atoms with E-state index in [-0.39, 0.29) is 0 Å². The number of halogens is 2. The van der Waals surface area contributed by atoms with Crippen molar-refractivity contribution >= 4 is 44.3 Å². The molecule has 0 N–H and O–H groups in total. The standard InChI is InChI=1S/C10H4BrIN2O/c11-9-2-1-7(12)3-8(9)10(15)6(4-13)5-14/h1-3,6H. The molecule has 0 unspecified atom stereocenters. The first-order valence-electron chi connectivity index (χ1n) is 3.88. The number of nitrogens with zero attached hydrogens (tertiary/aromatic N) is 2. The van der Waals surface area contributed by atoms with E-state index in [9.17, 15) is 4.79 Å². The monoisotopic (exact) mass is 374 g/mol. The number of hydrogen-bond acceptors (Lipinski definition) is 3. The second-order valence-corrected chi connectivity index (χ2v) is 4.78. The van der Waals surface area contributed by atoms with Crippen molar-refractivity contribution in [2.45, 2.75) is 0 Å². The van der Waals surface area contributed by atoms with E-state index in [0.29, 0.717) is 10.0 Å². The highest BCUT2D eigenvalue weighted by atomic mass is 127. The van der Waals surface area contributed by atoms with Gasteiger partial charge in [0.25, 0.3) is 0 Å². The van der Waals surface area contributed by atoms with Gasteiger partial charge in [0.1, 0.15) is 0 Å². The van der Waals surface area contributed by atoms with Crippen LogP contribution in [0.3, 0.4) is 0 Å². The van der Waals surface area contributed by atoms with Crippen LogP contribution < -0.4 is 0 Å². The molecular formula is C10H4BrIN2O. The van der Waals surface area contributed by atoms with E-state index in [1.165, 1.54) is 0 Å². The minimum atomic E-state index is -1.24. The van der Waals surface area contributed by atoms with E-state index in [2.05, 4.69) is 38.5 Å². The second kappa shape index (κ2) is 5.24. The van der Waals surface area contributed by atoms with E-state index >= 15 is 0 Å². The molecule has 1 rings (SSSR count). The van der Waals surface area contributed by atoms with Crippen LogP contribution >= 0.6 is 38.5 Å². The molecule has 0 aliphatic carbocycles. The Bertz CT molecular complexity index is 473. The summed E-state index contributed by atoms with van der Waals surface area (Å²) >= 11 is 5.28. The molecule has 0 saturated heterocycles. The Labute approximate surface area is 109 Å². The lowest BCUT2D eigenvalue weighted by atomic mass is 10.0. The molecule has 0 saturated carbocycles. The average molecular weight is 375 g/mol. The quantitative estimate of drug-likeness (QED) is 0.590. The number of nitriles is 2.